The first-order valence-electron chi connectivity index (χ1n) is 5.57. The lowest BCUT2D eigenvalue weighted by atomic mass is 10.2. The van der Waals surface area contributed by atoms with Crippen molar-refractivity contribution in [3.05, 3.63) is 29.8 Å². The highest BCUT2D eigenvalue weighted by atomic mass is 32.2. The first-order valence-corrected chi connectivity index (χ1v) is 7.18. The van der Waals surface area contributed by atoms with Crippen LogP contribution in [0.1, 0.15) is 5.56 Å². The average Bonchev–Trinajstić information content (AvgIpc) is 2.59. The summed E-state index contributed by atoms with van der Waals surface area (Å²) >= 11 is 0. The highest BCUT2D eigenvalue weighted by Crippen LogP contribution is 2.19. The number of nitrogens with zero attached hydrogens (tertiary/aromatic N) is 1. The Bertz CT molecular complexity index is 522. The quantitative estimate of drug-likeness (QED) is 0.621. The highest BCUT2D eigenvalue weighted by molar-refractivity contribution is 7.88. The van der Waals surface area contributed by atoms with Gasteiger partial charge in [0, 0.05) is 18.8 Å². The fourth-order valence-electron chi connectivity index (χ4n) is 1.95. The van der Waals surface area contributed by atoms with Crippen LogP contribution in [0.5, 0.6) is 0 Å². The summed E-state index contributed by atoms with van der Waals surface area (Å²) in [4.78, 5) is 0. The van der Waals surface area contributed by atoms with Crippen LogP contribution in [0, 0.1) is 0 Å². The molecule has 2 rings (SSSR count). The molecule has 1 aromatic carbocycles. The predicted octanol–water partition coefficient (Wildman–Crippen LogP) is -0.864. The maximum Gasteiger partial charge on any atom is 0.218 e. The number of hydrogen-bond donors (Lipinski definition) is 3. The molecule has 0 amide bonds. The van der Waals surface area contributed by atoms with E-state index in [0.29, 0.717) is 11.3 Å². The van der Waals surface area contributed by atoms with E-state index in [4.69, 9.17) is 5.73 Å². The van der Waals surface area contributed by atoms with E-state index in [0.717, 1.165) is 4.31 Å². The molecular formula is C11H16N2O4S. The molecule has 0 aromatic heterocycles. The minimum Gasteiger partial charge on any atom is -0.399 e. The van der Waals surface area contributed by atoms with Crippen LogP contribution in [0.15, 0.2) is 24.3 Å². The van der Waals surface area contributed by atoms with E-state index >= 15 is 0 Å². The summed E-state index contributed by atoms with van der Waals surface area (Å²) in [6.07, 6.45) is -2.03. The van der Waals surface area contributed by atoms with E-state index in [1.807, 2.05) is 0 Å². The fourth-order valence-corrected chi connectivity index (χ4v) is 3.49. The Balaban J connectivity index is 2.13. The van der Waals surface area contributed by atoms with Crippen molar-refractivity contribution < 1.29 is 18.6 Å². The topological polar surface area (TPSA) is 104 Å². The largest absolute Gasteiger partial charge is 0.399 e. The van der Waals surface area contributed by atoms with Gasteiger partial charge in [-0.15, -0.1) is 0 Å². The summed E-state index contributed by atoms with van der Waals surface area (Å²) in [6.45, 7) is -0.127. The number of rotatable bonds is 3. The third-order valence-electron chi connectivity index (χ3n) is 2.92. The van der Waals surface area contributed by atoms with Gasteiger partial charge in [0.15, 0.2) is 0 Å². The van der Waals surface area contributed by atoms with E-state index in [1.54, 1.807) is 24.3 Å². The molecule has 0 saturated carbocycles. The Labute approximate surface area is 106 Å². The second kappa shape index (κ2) is 4.85. The van der Waals surface area contributed by atoms with Crippen molar-refractivity contribution in [1.29, 1.82) is 0 Å². The summed E-state index contributed by atoms with van der Waals surface area (Å²) in [6, 6.07) is 6.64. The Kier molecular flexibility index (Phi) is 3.58. The Hall–Kier alpha value is -1.15. The molecule has 1 aliphatic heterocycles. The van der Waals surface area contributed by atoms with E-state index < -0.39 is 22.2 Å². The molecule has 4 N–H and O–H groups in total. The molecule has 2 unspecified atom stereocenters. The van der Waals surface area contributed by atoms with Crippen molar-refractivity contribution in [3.8, 4) is 0 Å². The standard InChI is InChI=1S/C11H16N2O4S/c12-9-3-1-2-8(4-9)7-18(16,17)13-5-10(14)11(15)6-13/h1-4,10-11,14-15H,5-7,12H2. The van der Waals surface area contributed by atoms with Crippen LogP contribution in [-0.4, -0.2) is 48.2 Å². The van der Waals surface area contributed by atoms with Gasteiger partial charge in [-0.1, -0.05) is 12.1 Å². The van der Waals surface area contributed by atoms with Crippen LogP contribution in [0.2, 0.25) is 0 Å². The summed E-state index contributed by atoms with van der Waals surface area (Å²) < 4.78 is 25.2. The van der Waals surface area contributed by atoms with E-state index in [-0.39, 0.29) is 18.8 Å². The molecule has 1 saturated heterocycles. The van der Waals surface area contributed by atoms with Crippen LogP contribution < -0.4 is 5.73 Å². The number of nitrogens with two attached hydrogens (primary N) is 1. The molecule has 1 aromatic rings. The average molecular weight is 272 g/mol. The lowest BCUT2D eigenvalue weighted by Gasteiger charge is -2.15. The summed E-state index contributed by atoms with van der Waals surface area (Å²) in [7, 11) is -3.54. The Morgan fingerprint density at radius 1 is 1.28 bits per heavy atom. The van der Waals surface area contributed by atoms with E-state index in [1.165, 1.54) is 0 Å². The van der Waals surface area contributed by atoms with E-state index in [2.05, 4.69) is 0 Å². The third-order valence-corrected chi connectivity index (χ3v) is 4.70. The first-order chi connectivity index (χ1) is 8.38. The second-order valence-electron chi connectivity index (χ2n) is 4.45. The van der Waals surface area contributed by atoms with Crippen LogP contribution in [0.4, 0.5) is 5.69 Å². The number of benzene rings is 1. The molecular weight excluding hydrogens is 256 g/mol. The minimum absolute atomic E-state index is 0.0637. The third kappa shape index (κ3) is 2.81. The van der Waals surface area contributed by atoms with E-state index in [9.17, 15) is 18.6 Å². The van der Waals surface area contributed by atoms with Crippen LogP contribution >= 0.6 is 0 Å². The number of β-amino-alcohol motifs (C(OH)–C–C–N with tert-alkyl or cyclic N) is 2. The van der Waals surface area contributed by atoms with Crippen molar-refractivity contribution in [2.24, 2.45) is 0 Å². The molecule has 2 atom stereocenters. The Morgan fingerprint density at radius 3 is 2.44 bits per heavy atom. The van der Waals surface area contributed by atoms with Gasteiger partial charge in [-0.3, -0.25) is 0 Å². The summed E-state index contributed by atoms with van der Waals surface area (Å²) in [5, 5.41) is 18.7. The summed E-state index contributed by atoms with van der Waals surface area (Å²) in [5.41, 5.74) is 6.68. The van der Waals surface area contributed by atoms with Gasteiger partial charge in [-0.2, -0.15) is 4.31 Å². The fraction of sp³-hybridized carbons (Fsp3) is 0.455. The molecule has 1 heterocycles. The number of aliphatic hydroxyl groups is 2. The van der Waals surface area contributed by atoms with Gasteiger partial charge in [-0.25, -0.2) is 8.42 Å². The molecule has 18 heavy (non-hydrogen) atoms. The van der Waals surface area contributed by atoms with Crippen molar-refractivity contribution in [3.63, 3.8) is 0 Å². The van der Waals surface area contributed by atoms with Gasteiger partial charge in [0.1, 0.15) is 0 Å². The van der Waals surface area contributed by atoms with Crippen molar-refractivity contribution >= 4 is 15.7 Å². The normalized spacial score (nSPS) is 25.4. The zero-order chi connectivity index (χ0) is 13.3. The molecule has 0 aliphatic carbocycles. The number of hydrogen-bond acceptors (Lipinski definition) is 5. The number of aliphatic hydroxyl groups excluding tert-OH is 2. The second-order valence-corrected chi connectivity index (χ2v) is 6.42. The monoisotopic (exact) mass is 272 g/mol. The molecule has 100 valence electrons. The van der Waals surface area contributed by atoms with Gasteiger partial charge in [0.25, 0.3) is 0 Å². The smallest absolute Gasteiger partial charge is 0.218 e. The number of sulfonamides is 1. The lowest BCUT2D eigenvalue weighted by Crippen LogP contribution is -2.31. The van der Waals surface area contributed by atoms with Crippen molar-refractivity contribution in [2.75, 3.05) is 18.8 Å². The van der Waals surface area contributed by atoms with Crippen molar-refractivity contribution in [2.45, 2.75) is 18.0 Å². The van der Waals surface area contributed by atoms with Gasteiger partial charge >= 0.3 is 0 Å². The predicted molar refractivity (Wildman–Crippen MR) is 67.1 cm³/mol. The zero-order valence-electron chi connectivity index (χ0n) is 9.73. The van der Waals surface area contributed by atoms with Gasteiger partial charge in [-0.05, 0) is 17.7 Å². The van der Waals surface area contributed by atoms with Gasteiger partial charge in [0.2, 0.25) is 10.0 Å². The molecule has 0 spiro atoms. The van der Waals surface area contributed by atoms with Crippen molar-refractivity contribution in [1.82, 2.24) is 4.31 Å². The molecule has 1 aliphatic rings. The minimum atomic E-state index is -3.54. The van der Waals surface area contributed by atoms with Gasteiger partial charge < -0.3 is 15.9 Å². The molecule has 7 heteroatoms. The zero-order valence-corrected chi connectivity index (χ0v) is 10.5. The SMILES string of the molecule is Nc1cccc(CS(=O)(=O)N2CC(O)C(O)C2)c1. The van der Waals surface area contributed by atoms with Crippen LogP contribution in [-0.2, 0) is 15.8 Å². The Morgan fingerprint density at radius 2 is 1.89 bits per heavy atom. The first kappa shape index (κ1) is 13.3. The van der Waals surface area contributed by atoms with Gasteiger partial charge in [0.05, 0.1) is 18.0 Å². The molecule has 1 fully saturated rings. The lowest BCUT2D eigenvalue weighted by molar-refractivity contribution is 0.0572. The maximum absolute atomic E-state index is 12.1. The summed E-state index contributed by atoms with van der Waals surface area (Å²) in [5.74, 6) is -0.183. The number of anilines is 1. The maximum atomic E-state index is 12.1. The van der Waals surface area contributed by atoms with Crippen LogP contribution in [0.25, 0.3) is 0 Å². The molecule has 0 radical (unpaired) electrons. The highest BCUT2D eigenvalue weighted by Gasteiger charge is 2.36. The molecule has 6 nitrogen and oxygen atoms in total. The molecule has 0 bridgehead atoms. The number of nitrogen functional groups attached to an aromatic ring is 1. The van der Waals surface area contributed by atoms with Crippen LogP contribution in [0.3, 0.4) is 0 Å².